The third-order valence-electron chi connectivity index (χ3n) is 5.24. The van der Waals surface area contributed by atoms with Crippen molar-refractivity contribution in [3.05, 3.63) is 59.7 Å². The molecule has 0 fully saturated rings. The van der Waals surface area contributed by atoms with Gasteiger partial charge in [0.25, 0.3) is 0 Å². The molecular weight excluding hydrogens is 418 g/mol. The van der Waals surface area contributed by atoms with E-state index in [1.165, 1.54) is 30.3 Å². The molecule has 0 saturated heterocycles. The summed E-state index contributed by atoms with van der Waals surface area (Å²) in [7, 11) is -2.40. The normalized spacial score (nSPS) is 16.3. The number of sulfonamides is 1. The maximum atomic E-state index is 12.1. The van der Waals surface area contributed by atoms with Gasteiger partial charge in [0.15, 0.2) is 12.4 Å². The predicted octanol–water partition coefficient (Wildman–Crippen LogP) is 0.550. The maximum Gasteiger partial charge on any atom is 0.243 e. The average molecular weight is 448 g/mol. The number of aldehydes is 1. The molecule has 1 aliphatic rings. The molecular formula is C22H29N3O5S. The lowest BCUT2D eigenvalue weighted by molar-refractivity contribution is -0.113. The highest BCUT2D eigenvalue weighted by Gasteiger charge is 2.21. The summed E-state index contributed by atoms with van der Waals surface area (Å²) in [4.78, 5) is 13.6. The Hall–Kier alpha value is -2.30. The van der Waals surface area contributed by atoms with E-state index in [1.807, 2.05) is 12.1 Å². The van der Waals surface area contributed by atoms with Crippen molar-refractivity contribution in [3.8, 4) is 5.75 Å². The Morgan fingerprint density at radius 3 is 2.58 bits per heavy atom. The molecule has 0 radical (unpaired) electrons. The molecule has 0 saturated carbocycles. The van der Waals surface area contributed by atoms with Gasteiger partial charge in [-0.05, 0) is 36.7 Å². The van der Waals surface area contributed by atoms with E-state index >= 15 is 0 Å². The van der Waals surface area contributed by atoms with Gasteiger partial charge < -0.3 is 15.2 Å². The summed E-state index contributed by atoms with van der Waals surface area (Å²) in [6.45, 7) is 2.67. The lowest BCUT2D eigenvalue weighted by Gasteiger charge is -2.30. The number of rotatable bonds is 11. The third-order valence-corrected chi connectivity index (χ3v) is 6.70. The molecule has 0 amide bonds. The van der Waals surface area contributed by atoms with Crippen LogP contribution in [0.15, 0.2) is 53.4 Å². The number of benzene rings is 2. The lowest BCUT2D eigenvalue weighted by Crippen LogP contribution is -2.43. The van der Waals surface area contributed by atoms with Gasteiger partial charge in [-0.2, -0.15) is 0 Å². The number of aliphatic hydroxyl groups is 1. The van der Waals surface area contributed by atoms with E-state index in [4.69, 9.17) is 4.74 Å². The molecule has 3 rings (SSSR count). The fourth-order valence-corrected chi connectivity index (χ4v) is 4.48. The first-order valence-electron chi connectivity index (χ1n) is 10.3. The van der Waals surface area contributed by atoms with Crippen LogP contribution in [0.1, 0.15) is 11.1 Å². The zero-order valence-electron chi connectivity index (χ0n) is 17.5. The first-order valence-corrected chi connectivity index (χ1v) is 11.7. The SMILES string of the molecule is CNS(=O)(=O)c1ccccc1OC(C=O)CNCC(O)CN1CCc2ccccc2C1. The van der Waals surface area contributed by atoms with Crippen LogP contribution < -0.4 is 14.8 Å². The highest BCUT2D eigenvalue weighted by atomic mass is 32.2. The Balaban J connectivity index is 1.48. The van der Waals surface area contributed by atoms with Crippen LogP contribution in [0, 0.1) is 0 Å². The van der Waals surface area contributed by atoms with E-state index in [1.54, 1.807) is 12.1 Å². The molecule has 0 aromatic heterocycles. The third kappa shape index (κ3) is 6.34. The minimum Gasteiger partial charge on any atom is -0.480 e. The molecule has 2 atom stereocenters. The number of hydrogen-bond donors (Lipinski definition) is 3. The number of nitrogens with one attached hydrogen (secondary N) is 2. The van der Waals surface area contributed by atoms with Gasteiger partial charge in [-0.15, -0.1) is 0 Å². The molecule has 0 bridgehead atoms. The molecule has 168 valence electrons. The van der Waals surface area contributed by atoms with Crippen LogP contribution in [0.25, 0.3) is 0 Å². The maximum absolute atomic E-state index is 12.1. The number of nitrogens with zero attached hydrogens (tertiary/aromatic N) is 1. The second kappa shape index (κ2) is 10.8. The molecule has 2 aromatic carbocycles. The van der Waals surface area contributed by atoms with E-state index in [0.29, 0.717) is 19.4 Å². The largest absolute Gasteiger partial charge is 0.480 e. The average Bonchev–Trinajstić information content (AvgIpc) is 2.78. The van der Waals surface area contributed by atoms with Gasteiger partial charge in [0.05, 0.1) is 6.10 Å². The second-order valence-electron chi connectivity index (χ2n) is 7.51. The Morgan fingerprint density at radius 1 is 1.13 bits per heavy atom. The summed E-state index contributed by atoms with van der Waals surface area (Å²) in [5, 5.41) is 13.4. The number of carbonyl (C=O) groups excluding carboxylic acids is 1. The number of hydrogen-bond acceptors (Lipinski definition) is 7. The van der Waals surface area contributed by atoms with E-state index < -0.39 is 22.2 Å². The molecule has 3 N–H and O–H groups in total. The smallest absolute Gasteiger partial charge is 0.243 e. The van der Waals surface area contributed by atoms with Crippen LogP contribution in [0.3, 0.4) is 0 Å². The van der Waals surface area contributed by atoms with E-state index in [2.05, 4.69) is 27.1 Å². The number of fused-ring (bicyclic) bond motifs is 1. The quantitative estimate of drug-likeness (QED) is 0.432. The van der Waals surface area contributed by atoms with Gasteiger partial charge in [0.2, 0.25) is 10.0 Å². The molecule has 2 aromatic rings. The van der Waals surface area contributed by atoms with Gasteiger partial charge in [-0.3, -0.25) is 9.69 Å². The second-order valence-corrected chi connectivity index (χ2v) is 9.37. The zero-order chi connectivity index (χ0) is 22.3. The number of para-hydroxylation sites is 1. The van der Waals surface area contributed by atoms with Crippen molar-refractivity contribution in [1.29, 1.82) is 0 Å². The highest BCUT2D eigenvalue weighted by Crippen LogP contribution is 2.23. The van der Waals surface area contributed by atoms with Crippen LogP contribution in [0.2, 0.25) is 0 Å². The summed E-state index contributed by atoms with van der Waals surface area (Å²) in [6.07, 6.45) is 0.0903. The van der Waals surface area contributed by atoms with Gasteiger partial charge in [-0.25, -0.2) is 13.1 Å². The summed E-state index contributed by atoms with van der Waals surface area (Å²) in [5.41, 5.74) is 2.65. The van der Waals surface area contributed by atoms with E-state index in [9.17, 15) is 18.3 Å². The molecule has 1 heterocycles. The molecule has 9 heteroatoms. The number of β-amino-alcohol motifs (C(OH)–C–C–N with tert-alkyl or cyclic N) is 1. The van der Waals surface area contributed by atoms with Crippen molar-refractivity contribution in [2.75, 3.05) is 33.2 Å². The van der Waals surface area contributed by atoms with Crippen molar-refractivity contribution in [2.45, 2.75) is 30.1 Å². The molecule has 0 aliphatic carbocycles. The monoisotopic (exact) mass is 447 g/mol. The summed E-state index contributed by atoms with van der Waals surface area (Å²) in [5.74, 6) is 0.100. The molecule has 31 heavy (non-hydrogen) atoms. The number of ether oxygens (including phenoxy) is 1. The fraction of sp³-hybridized carbons (Fsp3) is 0.409. The van der Waals surface area contributed by atoms with Crippen LogP contribution in [-0.4, -0.2) is 70.1 Å². The van der Waals surface area contributed by atoms with Crippen LogP contribution in [0.4, 0.5) is 0 Å². The van der Waals surface area contributed by atoms with Crippen molar-refractivity contribution >= 4 is 16.3 Å². The summed E-state index contributed by atoms with van der Waals surface area (Å²) in [6, 6.07) is 14.5. The predicted molar refractivity (Wildman–Crippen MR) is 117 cm³/mol. The minimum atomic E-state index is -3.71. The first-order chi connectivity index (χ1) is 14.9. The van der Waals surface area contributed by atoms with Crippen LogP contribution in [0.5, 0.6) is 5.75 Å². The van der Waals surface area contributed by atoms with Crippen molar-refractivity contribution in [2.24, 2.45) is 0 Å². The van der Waals surface area contributed by atoms with Gasteiger partial charge in [0, 0.05) is 32.7 Å². The Bertz CT molecular complexity index is 983. The van der Waals surface area contributed by atoms with E-state index in [0.717, 1.165) is 19.5 Å². The highest BCUT2D eigenvalue weighted by molar-refractivity contribution is 7.89. The standard InChI is InChI=1S/C22H29N3O5S/c1-23-31(28,29)22-9-5-4-8-21(22)30-20(16-26)13-24-12-19(27)15-25-11-10-17-6-2-3-7-18(17)14-25/h2-9,16,19-20,23-24,27H,10-15H2,1H3. The van der Waals surface area contributed by atoms with Crippen molar-refractivity contribution in [1.82, 2.24) is 14.9 Å². The topological polar surface area (TPSA) is 108 Å². The Kier molecular flexibility index (Phi) is 8.16. The summed E-state index contributed by atoms with van der Waals surface area (Å²) < 4.78 is 32.1. The lowest BCUT2D eigenvalue weighted by atomic mass is 10.00. The van der Waals surface area contributed by atoms with E-state index in [-0.39, 0.29) is 17.2 Å². The van der Waals surface area contributed by atoms with Gasteiger partial charge in [-0.1, -0.05) is 36.4 Å². The molecule has 2 unspecified atom stereocenters. The Morgan fingerprint density at radius 2 is 1.84 bits per heavy atom. The molecule has 8 nitrogen and oxygen atoms in total. The van der Waals surface area contributed by atoms with Crippen LogP contribution >= 0.6 is 0 Å². The summed E-state index contributed by atoms with van der Waals surface area (Å²) >= 11 is 0. The molecule has 1 aliphatic heterocycles. The number of carbonyl (C=O) groups is 1. The first kappa shape index (κ1) is 23.4. The minimum absolute atomic E-state index is 0.0326. The fourth-order valence-electron chi connectivity index (χ4n) is 3.62. The van der Waals surface area contributed by atoms with Gasteiger partial charge >= 0.3 is 0 Å². The van der Waals surface area contributed by atoms with Crippen molar-refractivity contribution in [3.63, 3.8) is 0 Å². The zero-order valence-corrected chi connectivity index (χ0v) is 18.3. The Labute approximate surface area is 183 Å². The van der Waals surface area contributed by atoms with Crippen LogP contribution in [-0.2, 0) is 27.8 Å². The van der Waals surface area contributed by atoms with Gasteiger partial charge in [0.1, 0.15) is 10.6 Å². The number of aliphatic hydroxyl groups excluding tert-OH is 1. The van der Waals surface area contributed by atoms with Crippen molar-refractivity contribution < 1.29 is 23.1 Å². The molecule has 0 spiro atoms.